The maximum atomic E-state index is 4.34. The molecule has 0 saturated heterocycles. The van der Waals surface area contributed by atoms with Crippen LogP contribution in [0.1, 0.15) is 5.69 Å². The zero-order valence-corrected chi connectivity index (χ0v) is 8.09. The first-order valence-electron chi connectivity index (χ1n) is 4.81. The van der Waals surface area contributed by atoms with E-state index in [0.29, 0.717) is 0 Å². The van der Waals surface area contributed by atoms with Crippen LogP contribution < -0.4 is 0 Å². The SMILES string of the molecule is c1ccc2c(c1)cnn2Cc1cnc[nH]1. The van der Waals surface area contributed by atoms with Crippen LogP contribution in [0.3, 0.4) is 0 Å². The van der Waals surface area contributed by atoms with Gasteiger partial charge in [0, 0.05) is 11.6 Å². The van der Waals surface area contributed by atoms with E-state index in [1.54, 1.807) is 6.33 Å². The van der Waals surface area contributed by atoms with Gasteiger partial charge in [-0.05, 0) is 6.07 Å². The Balaban J connectivity index is 2.05. The van der Waals surface area contributed by atoms with Crippen LogP contribution in [0.2, 0.25) is 0 Å². The van der Waals surface area contributed by atoms with Crippen molar-refractivity contribution in [2.45, 2.75) is 6.54 Å². The van der Waals surface area contributed by atoms with Crippen molar-refractivity contribution in [3.8, 4) is 0 Å². The predicted molar refractivity (Wildman–Crippen MR) is 57.4 cm³/mol. The average molecular weight is 198 g/mol. The van der Waals surface area contributed by atoms with E-state index in [1.165, 1.54) is 0 Å². The van der Waals surface area contributed by atoms with Gasteiger partial charge in [-0.15, -0.1) is 0 Å². The third-order valence-corrected chi connectivity index (χ3v) is 2.43. The molecule has 0 radical (unpaired) electrons. The van der Waals surface area contributed by atoms with E-state index >= 15 is 0 Å². The van der Waals surface area contributed by atoms with Crippen LogP contribution in [0.25, 0.3) is 10.9 Å². The predicted octanol–water partition coefficient (Wildman–Crippen LogP) is 1.81. The molecule has 15 heavy (non-hydrogen) atoms. The van der Waals surface area contributed by atoms with Crippen LogP contribution >= 0.6 is 0 Å². The van der Waals surface area contributed by atoms with Gasteiger partial charge in [0.05, 0.1) is 30.3 Å². The number of fused-ring (bicyclic) bond motifs is 1. The van der Waals surface area contributed by atoms with E-state index in [1.807, 2.05) is 29.2 Å². The number of hydrogen-bond acceptors (Lipinski definition) is 2. The van der Waals surface area contributed by atoms with Crippen molar-refractivity contribution in [1.82, 2.24) is 19.7 Å². The number of nitrogens with one attached hydrogen (secondary N) is 1. The minimum Gasteiger partial charge on any atom is -0.347 e. The summed E-state index contributed by atoms with van der Waals surface area (Å²) in [6, 6.07) is 8.17. The van der Waals surface area contributed by atoms with Gasteiger partial charge in [-0.1, -0.05) is 18.2 Å². The van der Waals surface area contributed by atoms with Crippen LogP contribution in [-0.4, -0.2) is 19.7 Å². The first kappa shape index (κ1) is 8.23. The summed E-state index contributed by atoms with van der Waals surface area (Å²) in [6.07, 6.45) is 5.38. The van der Waals surface area contributed by atoms with Crippen molar-refractivity contribution < 1.29 is 0 Å². The Morgan fingerprint density at radius 1 is 1.20 bits per heavy atom. The van der Waals surface area contributed by atoms with Crippen molar-refractivity contribution in [3.63, 3.8) is 0 Å². The summed E-state index contributed by atoms with van der Waals surface area (Å²) in [4.78, 5) is 7.05. The highest BCUT2D eigenvalue weighted by Gasteiger charge is 2.02. The molecule has 2 aromatic heterocycles. The molecule has 1 aromatic carbocycles. The summed E-state index contributed by atoms with van der Waals surface area (Å²) in [5.41, 5.74) is 2.20. The van der Waals surface area contributed by atoms with E-state index in [9.17, 15) is 0 Å². The summed E-state index contributed by atoms with van der Waals surface area (Å²) in [7, 11) is 0. The van der Waals surface area contributed by atoms with E-state index in [2.05, 4.69) is 27.2 Å². The molecule has 0 spiro atoms. The topological polar surface area (TPSA) is 46.5 Å². The van der Waals surface area contributed by atoms with Crippen LogP contribution in [0.5, 0.6) is 0 Å². The highest BCUT2D eigenvalue weighted by molar-refractivity contribution is 5.78. The van der Waals surface area contributed by atoms with Gasteiger partial charge in [0.1, 0.15) is 0 Å². The highest BCUT2D eigenvalue weighted by Crippen LogP contribution is 2.13. The molecule has 0 aliphatic carbocycles. The first-order chi connectivity index (χ1) is 7.43. The summed E-state index contributed by atoms with van der Waals surface area (Å²) in [5, 5.41) is 5.50. The fourth-order valence-corrected chi connectivity index (χ4v) is 1.68. The third-order valence-electron chi connectivity index (χ3n) is 2.43. The second kappa shape index (κ2) is 3.24. The Kier molecular flexibility index (Phi) is 1.78. The largest absolute Gasteiger partial charge is 0.347 e. The lowest BCUT2D eigenvalue weighted by Gasteiger charge is -2.00. The zero-order valence-electron chi connectivity index (χ0n) is 8.09. The zero-order chi connectivity index (χ0) is 10.1. The number of imidazole rings is 1. The molecule has 0 fully saturated rings. The van der Waals surface area contributed by atoms with Crippen LogP contribution in [0.15, 0.2) is 43.0 Å². The normalized spacial score (nSPS) is 10.9. The van der Waals surface area contributed by atoms with Gasteiger partial charge < -0.3 is 4.98 Å². The highest BCUT2D eigenvalue weighted by atomic mass is 15.3. The standard InChI is InChI=1S/C11H10N4/c1-2-4-11-9(3-1)5-14-15(11)7-10-6-12-8-13-10/h1-6,8H,7H2,(H,12,13). The lowest BCUT2D eigenvalue weighted by Crippen LogP contribution is -2.01. The molecular weight excluding hydrogens is 188 g/mol. The monoisotopic (exact) mass is 198 g/mol. The minimum atomic E-state index is 0.730. The molecule has 0 aliphatic heterocycles. The molecule has 4 heteroatoms. The van der Waals surface area contributed by atoms with E-state index in [-0.39, 0.29) is 0 Å². The van der Waals surface area contributed by atoms with Crippen molar-refractivity contribution in [2.75, 3.05) is 0 Å². The second-order valence-corrected chi connectivity index (χ2v) is 3.44. The van der Waals surface area contributed by atoms with Gasteiger partial charge in [0.25, 0.3) is 0 Å². The van der Waals surface area contributed by atoms with Gasteiger partial charge in [-0.25, -0.2) is 4.98 Å². The quantitative estimate of drug-likeness (QED) is 0.682. The lowest BCUT2D eigenvalue weighted by molar-refractivity contribution is 0.699. The van der Waals surface area contributed by atoms with E-state index < -0.39 is 0 Å². The molecule has 3 rings (SSSR count). The maximum absolute atomic E-state index is 4.34. The number of nitrogens with zero attached hydrogens (tertiary/aromatic N) is 3. The number of aromatic amines is 1. The average Bonchev–Trinajstić information content (AvgIpc) is 2.89. The van der Waals surface area contributed by atoms with Crippen molar-refractivity contribution in [2.24, 2.45) is 0 Å². The minimum absolute atomic E-state index is 0.730. The second-order valence-electron chi connectivity index (χ2n) is 3.44. The summed E-state index contributed by atoms with van der Waals surface area (Å²) in [5.74, 6) is 0. The Bertz CT molecular complexity index is 565. The molecule has 1 N–H and O–H groups in total. The number of para-hydroxylation sites is 1. The summed E-state index contributed by atoms with van der Waals surface area (Å²) < 4.78 is 1.96. The molecule has 4 nitrogen and oxygen atoms in total. The lowest BCUT2D eigenvalue weighted by atomic mass is 10.2. The van der Waals surface area contributed by atoms with Gasteiger partial charge in [0.2, 0.25) is 0 Å². The molecule has 3 aromatic rings. The molecular formula is C11H10N4. The first-order valence-corrected chi connectivity index (χ1v) is 4.81. The molecule has 0 amide bonds. The molecule has 74 valence electrons. The summed E-state index contributed by atoms with van der Waals surface area (Å²) >= 11 is 0. The Morgan fingerprint density at radius 2 is 2.13 bits per heavy atom. The number of hydrogen-bond donors (Lipinski definition) is 1. The van der Waals surface area contributed by atoms with Crippen LogP contribution in [0, 0.1) is 0 Å². The van der Waals surface area contributed by atoms with Gasteiger partial charge in [0.15, 0.2) is 0 Å². The molecule has 0 aliphatic rings. The molecule has 0 saturated carbocycles. The molecule has 0 atom stereocenters. The van der Waals surface area contributed by atoms with Crippen molar-refractivity contribution >= 4 is 10.9 Å². The fraction of sp³-hybridized carbons (Fsp3) is 0.0909. The van der Waals surface area contributed by atoms with E-state index in [0.717, 1.165) is 23.1 Å². The van der Waals surface area contributed by atoms with Crippen molar-refractivity contribution in [1.29, 1.82) is 0 Å². The molecule has 0 bridgehead atoms. The van der Waals surface area contributed by atoms with Gasteiger partial charge >= 0.3 is 0 Å². The Hall–Kier alpha value is -2.10. The Morgan fingerprint density at radius 3 is 3.00 bits per heavy atom. The fourth-order valence-electron chi connectivity index (χ4n) is 1.68. The molecule has 2 heterocycles. The smallest absolute Gasteiger partial charge is 0.0922 e. The van der Waals surface area contributed by atoms with Gasteiger partial charge in [-0.3, -0.25) is 4.68 Å². The number of benzene rings is 1. The maximum Gasteiger partial charge on any atom is 0.0922 e. The van der Waals surface area contributed by atoms with Crippen LogP contribution in [-0.2, 0) is 6.54 Å². The summed E-state index contributed by atoms with van der Waals surface area (Å²) in [6.45, 7) is 0.730. The number of rotatable bonds is 2. The van der Waals surface area contributed by atoms with Crippen LogP contribution in [0.4, 0.5) is 0 Å². The molecule has 0 unspecified atom stereocenters. The van der Waals surface area contributed by atoms with Crippen molar-refractivity contribution in [3.05, 3.63) is 48.7 Å². The number of aromatic nitrogens is 4. The number of H-pyrrole nitrogens is 1. The van der Waals surface area contributed by atoms with E-state index in [4.69, 9.17) is 0 Å². The van der Waals surface area contributed by atoms with Gasteiger partial charge in [-0.2, -0.15) is 5.10 Å². The third kappa shape index (κ3) is 1.40. The Labute approximate surface area is 86.6 Å².